The molecule has 0 unspecified atom stereocenters. The SMILES string of the molecule is Fc1ccc(-c2ccc(N(c3ccc(-c4ccccc4)cc3)c3ccc(-c4ccc5c(c4)c4cc(-c6ccccc6)ccc4n5-c4ccccc4)cc3)cc2)cc1. The second kappa shape index (κ2) is 14.6. The van der Waals surface area contributed by atoms with Gasteiger partial charge in [-0.25, -0.2) is 4.39 Å². The summed E-state index contributed by atoms with van der Waals surface area (Å²) in [5.74, 6) is -0.236. The predicted molar refractivity (Wildman–Crippen MR) is 237 cm³/mol. The first-order valence-electron chi connectivity index (χ1n) is 19.3. The summed E-state index contributed by atoms with van der Waals surface area (Å²) in [6.45, 7) is 0. The molecule has 0 N–H and O–H groups in total. The third-order valence-electron chi connectivity index (χ3n) is 10.9. The lowest BCUT2D eigenvalue weighted by Gasteiger charge is -2.26. The van der Waals surface area contributed by atoms with Crippen LogP contribution in [-0.2, 0) is 0 Å². The molecule has 0 fully saturated rings. The molecular formula is C54H37FN2. The molecule has 0 saturated carbocycles. The van der Waals surface area contributed by atoms with Crippen LogP contribution in [0.5, 0.6) is 0 Å². The molecule has 0 amide bonds. The highest BCUT2D eigenvalue weighted by molar-refractivity contribution is 6.11. The lowest BCUT2D eigenvalue weighted by molar-refractivity contribution is 0.628. The van der Waals surface area contributed by atoms with Crippen molar-refractivity contribution >= 4 is 38.9 Å². The van der Waals surface area contributed by atoms with Crippen LogP contribution in [0.4, 0.5) is 21.5 Å². The number of hydrogen-bond donors (Lipinski definition) is 0. The number of benzene rings is 9. The molecule has 1 aromatic heterocycles. The van der Waals surface area contributed by atoms with E-state index in [9.17, 15) is 4.39 Å². The van der Waals surface area contributed by atoms with Crippen molar-refractivity contribution in [3.05, 3.63) is 230 Å². The molecule has 0 aliphatic carbocycles. The third kappa shape index (κ3) is 6.56. The molecule has 2 nitrogen and oxygen atoms in total. The number of hydrogen-bond acceptors (Lipinski definition) is 1. The second-order valence-corrected chi connectivity index (χ2v) is 14.3. The summed E-state index contributed by atoms with van der Waals surface area (Å²) < 4.78 is 16.1. The van der Waals surface area contributed by atoms with E-state index in [0.29, 0.717) is 0 Å². The second-order valence-electron chi connectivity index (χ2n) is 14.3. The average Bonchev–Trinajstić information content (AvgIpc) is 3.61. The number of rotatable bonds is 8. The highest BCUT2D eigenvalue weighted by Gasteiger charge is 2.17. The van der Waals surface area contributed by atoms with E-state index < -0.39 is 0 Å². The Labute approximate surface area is 332 Å². The van der Waals surface area contributed by atoms with Crippen LogP contribution in [0.2, 0.25) is 0 Å². The maximum atomic E-state index is 13.7. The molecule has 1 heterocycles. The van der Waals surface area contributed by atoms with Gasteiger partial charge in [0.1, 0.15) is 5.82 Å². The van der Waals surface area contributed by atoms with Gasteiger partial charge in [0, 0.05) is 33.5 Å². The zero-order valence-electron chi connectivity index (χ0n) is 31.1. The first-order chi connectivity index (χ1) is 28.2. The number of para-hydroxylation sites is 1. The summed E-state index contributed by atoms with van der Waals surface area (Å²) in [6, 6.07) is 78.1. The molecule has 10 aromatic rings. The highest BCUT2D eigenvalue weighted by Crippen LogP contribution is 2.40. The summed E-state index contributed by atoms with van der Waals surface area (Å²) in [7, 11) is 0. The van der Waals surface area contributed by atoms with Gasteiger partial charge in [0.15, 0.2) is 0 Å². The molecule has 0 aliphatic heterocycles. The maximum Gasteiger partial charge on any atom is 0.123 e. The number of nitrogens with zero attached hydrogens (tertiary/aromatic N) is 2. The normalized spacial score (nSPS) is 11.2. The van der Waals surface area contributed by atoms with E-state index in [-0.39, 0.29) is 5.82 Å². The molecule has 0 atom stereocenters. The van der Waals surface area contributed by atoms with Crippen molar-refractivity contribution in [2.75, 3.05) is 4.90 Å². The molecule has 0 saturated heterocycles. The topological polar surface area (TPSA) is 8.17 Å². The van der Waals surface area contributed by atoms with E-state index in [1.165, 1.54) is 56.2 Å². The van der Waals surface area contributed by atoms with E-state index in [0.717, 1.165) is 45.0 Å². The van der Waals surface area contributed by atoms with Gasteiger partial charge in [-0.15, -0.1) is 0 Å². The van der Waals surface area contributed by atoms with Crippen molar-refractivity contribution in [2.24, 2.45) is 0 Å². The lowest BCUT2D eigenvalue weighted by Crippen LogP contribution is -2.09. The van der Waals surface area contributed by atoms with Crippen LogP contribution in [0.25, 0.3) is 72.0 Å². The van der Waals surface area contributed by atoms with Crippen molar-refractivity contribution in [1.29, 1.82) is 0 Å². The summed E-state index contributed by atoms with van der Waals surface area (Å²) in [5.41, 5.74) is 15.7. The van der Waals surface area contributed by atoms with Crippen LogP contribution in [0.1, 0.15) is 0 Å². The van der Waals surface area contributed by atoms with Gasteiger partial charge in [-0.3, -0.25) is 0 Å². The van der Waals surface area contributed by atoms with Gasteiger partial charge < -0.3 is 9.47 Å². The molecule has 0 spiro atoms. The van der Waals surface area contributed by atoms with Crippen molar-refractivity contribution in [3.8, 4) is 50.2 Å². The van der Waals surface area contributed by atoms with Crippen LogP contribution in [0.15, 0.2) is 224 Å². The zero-order chi connectivity index (χ0) is 38.1. The Bertz CT molecular complexity index is 2950. The third-order valence-corrected chi connectivity index (χ3v) is 10.9. The summed E-state index contributed by atoms with van der Waals surface area (Å²) >= 11 is 0. The summed E-state index contributed by atoms with van der Waals surface area (Å²) in [4.78, 5) is 2.29. The number of halogens is 1. The monoisotopic (exact) mass is 732 g/mol. The molecule has 270 valence electrons. The van der Waals surface area contributed by atoms with Gasteiger partial charge in [0.05, 0.1) is 11.0 Å². The Kier molecular flexibility index (Phi) is 8.74. The zero-order valence-corrected chi connectivity index (χ0v) is 31.1. The Morgan fingerprint density at radius 2 is 0.614 bits per heavy atom. The van der Waals surface area contributed by atoms with Crippen molar-refractivity contribution in [2.45, 2.75) is 0 Å². The number of anilines is 3. The minimum absolute atomic E-state index is 0.236. The molecule has 57 heavy (non-hydrogen) atoms. The molecule has 3 heteroatoms. The molecule has 0 bridgehead atoms. The fourth-order valence-corrected chi connectivity index (χ4v) is 8.00. The number of aromatic nitrogens is 1. The molecule has 9 aromatic carbocycles. The molecular weight excluding hydrogens is 696 g/mol. The Morgan fingerprint density at radius 3 is 1.04 bits per heavy atom. The van der Waals surface area contributed by atoms with Crippen molar-refractivity contribution in [1.82, 2.24) is 4.57 Å². The fraction of sp³-hybridized carbons (Fsp3) is 0. The van der Waals surface area contributed by atoms with Crippen molar-refractivity contribution < 1.29 is 4.39 Å². The van der Waals surface area contributed by atoms with Crippen LogP contribution in [0.3, 0.4) is 0 Å². The van der Waals surface area contributed by atoms with E-state index in [1.807, 2.05) is 18.2 Å². The highest BCUT2D eigenvalue weighted by atomic mass is 19.1. The van der Waals surface area contributed by atoms with E-state index in [2.05, 4.69) is 204 Å². The van der Waals surface area contributed by atoms with Crippen LogP contribution >= 0.6 is 0 Å². The van der Waals surface area contributed by atoms with Crippen molar-refractivity contribution in [3.63, 3.8) is 0 Å². The largest absolute Gasteiger partial charge is 0.311 e. The van der Waals surface area contributed by atoms with Gasteiger partial charge in [0.25, 0.3) is 0 Å². The first-order valence-corrected chi connectivity index (χ1v) is 19.3. The fourth-order valence-electron chi connectivity index (χ4n) is 8.00. The van der Waals surface area contributed by atoms with Gasteiger partial charge in [-0.2, -0.15) is 0 Å². The Balaban J connectivity index is 1.05. The van der Waals surface area contributed by atoms with Crippen LogP contribution in [-0.4, -0.2) is 4.57 Å². The average molecular weight is 733 g/mol. The molecule has 10 rings (SSSR count). The number of fused-ring (bicyclic) bond motifs is 3. The van der Waals surface area contributed by atoms with Crippen LogP contribution < -0.4 is 4.90 Å². The standard InChI is InChI=1S/C54H37FN2/c55-46-26-16-40(17-27-46)42-20-30-49(31-21-42)56(48-28-18-41(19-29-48)38-10-4-1-5-11-38)50-32-22-43(23-33-50)45-25-35-54-52(37-45)51-36-44(39-12-6-2-7-13-39)24-34-53(51)57(54)47-14-8-3-9-15-47/h1-37H. The van der Waals surface area contributed by atoms with Gasteiger partial charge in [0.2, 0.25) is 0 Å². The minimum Gasteiger partial charge on any atom is -0.311 e. The van der Waals surface area contributed by atoms with Crippen LogP contribution in [0, 0.1) is 5.82 Å². The minimum atomic E-state index is -0.236. The summed E-state index contributed by atoms with van der Waals surface area (Å²) in [6.07, 6.45) is 0. The van der Waals surface area contributed by atoms with E-state index >= 15 is 0 Å². The quantitative estimate of drug-likeness (QED) is 0.151. The van der Waals surface area contributed by atoms with E-state index in [1.54, 1.807) is 0 Å². The molecule has 0 aliphatic rings. The Morgan fingerprint density at radius 1 is 0.298 bits per heavy atom. The van der Waals surface area contributed by atoms with Gasteiger partial charge in [-0.05, 0) is 129 Å². The van der Waals surface area contributed by atoms with E-state index in [4.69, 9.17) is 0 Å². The summed E-state index contributed by atoms with van der Waals surface area (Å²) in [5, 5.41) is 2.44. The lowest BCUT2D eigenvalue weighted by atomic mass is 10.00. The maximum absolute atomic E-state index is 13.7. The van der Waals surface area contributed by atoms with Gasteiger partial charge >= 0.3 is 0 Å². The first kappa shape index (κ1) is 34.0. The smallest absolute Gasteiger partial charge is 0.123 e. The predicted octanol–water partition coefficient (Wildman–Crippen LogP) is 15.1. The molecule has 0 radical (unpaired) electrons. The van der Waals surface area contributed by atoms with Gasteiger partial charge in [-0.1, -0.05) is 140 Å². The Hall–Kier alpha value is -7.49.